The standard InChI is InChI=1S/C27H26N4O5/c1-2-33-24-8-6-19(14-29-24)17-5-7-21-18(12-17)9-11-31-22(21)13-25(30-27(31)32)34-15-20-16-35-26-23(36-20)4-3-10-28-26/h3-8,10,12-14,20,27,32H,2,9,11,15-16H2,1H3. The van der Waals surface area contributed by atoms with Crippen molar-refractivity contribution in [1.29, 1.82) is 0 Å². The fraction of sp³-hybridized carbons (Fsp3) is 0.296. The summed E-state index contributed by atoms with van der Waals surface area (Å²) in [6.07, 6.45) is 4.86. The minimum absolute atomic E-state index is 0.236. The largest absolute Gasteiger partial charge is 0.478 e. The number of hydrogen-bond donors (Lipinski definition) is 1. The fourth-order valence-corrected chi connectivity index (χ4v) is 4.57. The summed E-state index contributed by atoms with van der Waals surface area (Å²) >= 11 is 0. The van der Waals surface area contributed by atoms with Crippen LogP contribution in [0.15, 0.2) is 65.9 Å². The van der Waals surface area contributed by atoms with E-state index in [2.05, 4.69) is 33.2 Å². The fourth-order valence-electron chi connectivity index (χ4n) is 4.57. The molecule has 5 heterocycles. The Labute approximate surface area is 208 Å². The summed E-state index contributed by atoms with van der Waals surface area (Å²) in [4.78, 5) is 14.7. The third-order valence-electron chi connectivity index (χ3n) is 6.31. The number of pyridine rings is 2. The number of ether oxygens (including phenoxy) is 4. The highest BCUT2D eigenvalue weighted by Gasteiger charge is 2.31. The molecule has 0 saturated carbocycles. The topological polar surface area (TPSA) is 98.5 Å². The van der Waals surface area contributed by atoms with Crippen LogP contribution in [0.2, 0.25) is 0 Å². The molecule has 9 heteroatoms. The van der Waals surface area contributed by atoms with Gasteiger partial charge in [0.15, 0.2) is 11.9 Å². The maximum Gasteiger partial charge on any atom is 0.257 e. The molecule has 0 saturated heterocycles. The molecular formula is C27H26N4O5. The number of hydrogen-bond acceptors (Lipinski definition) is 9. The molecule has 0 fully saturated rings. The predicted octanol–water partition coefficient (Wildman–Crippen LogP) is 3.29. The van der Waals surface area contributed by atoms with Crippen LogP contribution in [-0.2, 0) is 11.2 Å². The quantitative estimate of drug-likeness (QED) is 0.587. The number of aliphatic hydroxyl groups excluding tert-OH is 1. The molecule has 3 aliphatic rings. The molecule has 2 aromatic heterocycles. The van der Waals surface area contributed by atoms with Gasteiger partial charge in [0.1, 0.15) is 13.2 Å². The average Bonchev–Trinajstić information content (AvgIpc) is 2.92. The highest BCUT2D eigenvalue weighted by Crippen LogP contribution is 2.35. The molecule has 0 bridgehead atoms. The number of nitrogens with zero attached hydrogens (tertiary/aromatic N) is 4. The average molecular weight is 487 g/mol. The summed E-state index contributed by atoms with van der Waals surface area (Å²) in [6.45, 7) is 3.75. The van der Waals surface area contributed by atoms with Gasteiger partial charge in [0, 0.05) is 42.2 Å². The van der Waals surface area contributed by atoms with Gasteiger partial charge in [0.05, 0.1) is 12.3 Å². The van der Waals surface area contributed by atoms with E-state index in [1.807, 2.05) is 42.3 Å². The van der Waals surface area contributed by atoms with Gasteiger partial charge < -0.3 is 29.0 Å². The first-order chi connectivity index (χ1) is 17.7. The highest BCUT2D eigenvalue weighted by molar-refractivity contribution is 5.97. The van der Waals surface area contributed by atoms with Crippen molar-refractivity contribution in [3.05, 3.63) is 72.1 Å². The van der Waals surface area contributed by atoms with Crippen LogP contribution in [0.25, 0.3) is 16.8 Å². The number of rotatable bonds is 5. The molecule has 9 nitrogen and oxygen atoms in total. The van der Waals surface area contributed by atoms with Crippen molar-refractivity contribution in [3.63, 3.8) is 0 Å². The molecule has 2 atom stereocenters. The number of aliphatic imine (C=N–C) groups is 1. The molecule has 0 amide bonds. The van der Waals surface area contributed by atoms with Crippen LogP contribution in [0.5, 0.6) is 17.5 Å². The molecule has 184 valence electrons. The van der Waals surface area contributed by atoms with Gasteiger partial charge in [0.2, 0.25) is 18.1 Å². The first-order valence-electron chi connectivity index (χ1n) is 12.0. The van der Waals surface area contributed by atoms with Crippen molar-refractivity contribution in [2.45, 2.75) is 25.8 Å². The van der Waals surface area contributed by atoms with Crippen LogP contribution in [0.4, 0.5) is 0 Å². The smallest absolute Gasteiger partial charge is 0.257 e. The Morgan fingerprint density at radius 3 is 2.89 bits per heavy atom. The molecule has 36 heavy (non-hydrogen) atoms. The lowest BCUT2D eigenvalue weighted by Crippen LogP contribution is -2.41. The number of aromatic nitrogens is 2. The second-order valence-electron chi connectivity index (χ2n) is 8.65. The maximum absolute atomic E-state index is 10.7. The van der Waals surface area contributed by atoms with E-state index in [1.165, 1.54) is 5.56 Å². The van der Waals surface area contributed by atoms with E-state index in [4.69, 9.17) is 18.9 Å². The Balaban J connectivity index is 1.19. The Bertz CT molecular complexity index is 1320. The van der Waals surface area contributed by atoms with Crippen molar-refractivity contribution in [1.82, 2.24) is 14.9 Å². The summed E-state index contributed by atoms with van der Waals surface area (Å²) in [5.74, 6) is 2.06. The van der Waals surface area contributed by atoms with Gasteiger partial charge in [-0.05, 0) is 42.7 Å². The van der Waals surface area contributed by atoms with Crippen molar-refractivity contribution < 1.29 is 24.1 Å². The van der Waals surface area contributed by atoms with E-state index < -0.39 is 6.35 Å². The third kappa shape index (κ3) is 4.33. The molecular weight excluding hydrogens is 460 g/mol. The number of aliphatic hydroxyl groups is 1. The Morgan fingerprint density at radius 2 is 2.03 bits per heavy atom. The minimum Gasteiger partial charge on any atom is -0.478 e. The van der Waals surface area contributed by atoms with Crippen LogP contribution in [-0.4, -0.2) is 64.7 Å². The molecule has 0 spiro atoms. The predicted molar refractivity (Wildman–Crippen MR) is 133 cm³/mol. The van der Waals surface area contributed by atoms with E-state index in [0.717, 1.165) is 28.8 Å². The van der Waals surface area contributed by atoms with E-state index in [0.29, 0.717) is 43.2 Å². The summed E-state index contributed by atoms with van der Waals surface area (Å²) in [5, 5.41) is 10.7. The van der Waals surface area contributed by atoms with E-state index in [9.17, 15) is 5.11 Å². The zero-order chi connectivity index (χ0) is 24.5. The number of fused-ring (bicyclic) bond motifs is 4. The minimum atomic E-state index is -1.00. The van der Waals surface area contributed by atoms with Crippen molar-refractivity contribution in [3.8, 4) is 28.6 Å². The second-order valence-corrected chi connectivity index (χ2v) is 8.65. The van der Waals surface area contributed by atoms with Gasteiger partial charge in [-0.2, -0.15) is 4.99 Å². The normalized spacial score (nSPS) is 20.0. The third-order valence-corrected chi connectivity index (χ3v) is 6.31. The number of benzene rings is 1. The molecule has 3 aliphatic heterocycles. The van der Waals surface area contributed by atoms with Gasteiger partial charge in [-0.25, -0.2) is 9.97 Å². The summed E-state index contributed by atoms with van der Waals surface area (Å²) in [7, 11) is 0. The molecule has 2 unspecified atom stereocenters. The van der Waals surface area contributed by atoms with Gasteiger partial charge in [-0.1, -0.05) is 18.2 Å². The first-order valence-corrected chi connectivity index (χ1v) is 12.0. The van der Waals surface area contributed by atoms with Crippen molar-refractivity contribution in [2.75, 3.05) is 26.4 Å². The van der Waals surface area contributed by atoms with Gasteiger partial charge in [0.25, 0.3) is 5.88 Å². The first kappa shape index (κ1) is 22.4. The highest BCUT2D eigenvalue weighted by atomic mass is 16.6. The van der Waals surface area contributed by atoms with E-state index >= 15 is 0 Å². The lowest BCUT2D eigenvalue weighted by molar-refractivity contribution is 0.0348. The van der Waals surface area contributed by atoms with Crippen LogP contribution in [0, 0.1) is 0 Å². The van der Waals surface area contributed by atoms with Gasteiger partial charge >= 0.3 is 0 Å². The lowest BCUT2D eigenvalue weighted by Gasteiger charge is -2.37. The van der Waals surface area contributed by atoms with Gasteiger partial charge in [-0.15, -0.1) is 0 Å². The molecule has 1 N–H and O–H groups in total. The zero-order valence-electron chi connectivity index (χ0n) is 19.8. The maximum atomic E-state index is 10.7. The Morgan fingerprint density at radius 1 is 1.11 bits per heavy atom. The van der Waals surface area contributed by atoms with Crippen molar-refractivity contribution in [2.24, 2.45) is 4.99 Å². The monoisotopic (exact) mass is 486 g/mol. The molecule has 3 aromatic rings. The van der Waals surface area contributed by atoms with Crippen LogP contribution >= 0.6 is 0 Å². The SMILES string of the molecule is CCOc1ccc(-c2ccc3c(c2)CCN2C3=CC(OCC3COc4ncccc4O3)=NC2O)cn1. The lowest BCUT2D eigenvalue weighted by atomic mass is 9.92. The molecule has 0 aliphatic carbocycles. The van der Waals surface area contributed by atoms with Crippen LogP contribution in [0.3, 0.4) is 0 Å². The molecule has 6 rings (SSSR count). The summed E-state index contributed by atoms with van der Waals surface area (Å²) in [6, 6.07) is 13.8. The molecule has 1 aromatic carbocycles. The molecule has 0 radical (unpaired) electrons. The zero-order valence-corrected chi connectivity index (χ0v) is 19.8. The van der Waals surface area contributed by atoms with E-state index in [1.54, 1.807) is 12.3 Å². The summed E-state index contributed by atoms with van der Waals surface area (Å²) in [5.41, 5.74) is 5.25. The van der Waals surface area contributed by atoms with Crippen molar-refractivity contribution >= 4 is 11.6 Å². The second kappa shape index (κ2) is 9.50. The van der Waals surface area contributed by atoms with Crippen LogP contribution in [0.1, 0.15) is 18.1 Å². The summed E-state index contributed by atoms with van der Waals surface area (Å²) < 4.78 is 23.0. The van der Waals surface area contributed by atoms with E-state index in [-0.39, 0.29) is 12.7 Å². The Kier molecular flexibility index (Phi) is 5.90. The van der Waals surface area contributed by atoms with Gasteiger partial charge in [-0.3, -0.25) is 0 Å². The Hall–Kier alpha value is -4.11. The van der Waals surface area contributed by atoms with Crippen LogP contribution < -0.4 is 14.2 Å².